The fraction of sp³-hybridized carbons (Fsp3) is 0.350. The zero-order chi connectivity index (χ0) is 16.6. The molecule has 0 spiro atoms. The third-order valence-corrected chi connectivity index (χ3v) is 5.05. The maximum absolute atomic E-state index is 13.4. The zero-order valence-electron chi connectivity index (χ0n) is 13.7. The van der Waals surface area contributed by atoms with Gasteiger partial charge in [0.2, 0.25) is 0 Å². The van der Waals surface area contributed by atoms with E-state index in [9.17, 15) is 9.50 Å². The Bertz CT molecular complexity index is 757. The lowest BCUT2D eigenvalue weighted by atomic mass is 10.00. The minimum absolute atomic E-state index is 0.284. The second-order valence-electron chi connectivity index (χ2n) is 6.64. The van der Waals surface area contributed by atoms with Crippen LogP contribution in [0, 0.1) is 5.82 Å². The quantitative estimate of drug-likeness (QED) is 0.856. The van der Waals surface area contributed by atoms with Crippen molar-refractivity contribution >= 4 is 11.5 Å². The zero-order valence-corrected chi connectivity index (χ0v) is 13.7. The van der Waals surface area contributed by atoms with Crippen molar-refractivity contribution in [3.05, 3.63) is 66.0 Å². The average molecular weight is 325 g/mol. The minimum Gasteiger partial charge on any atom is -0.346 e. The maximum Gasteiger partial charge on any atom is 0.275 e. The summed E-state index contributed by atoms with van der Waals surface area (Å²) in [7, 11) is 0. The largest absolute Gasteiger partial charge is 0.346 e. The minimum atomic E-state index is -1.16. The van der Waals surface area contributed by atoms with Crippen LogP contribution >= 0.6 is 0 Å². The van der Waals surface area contributed by atoms with Gasteiger partial charge in [-0.2, -0.15) is 4.90 Å². The van der Waals surface area contributed by atoms with Crippen LogP contribution < -0.4 is 4.90 Å². The predicted octanol–water partition coefficient (Wildman–Crippen LogP) is 3.48. The van der Waals surface area contributed by atoms with Gasteiger partial charge < -0.3 is 5.11 Å². The van der Waals surface area contributed by atoms with Gasteiger partial charge in [0.1, 0.15) is 11.5 Å². The Morgan fingerprint density at radius 1 is 0.958 bits per heavy atom. The van der Waals surface area contributed by atoms with Gasteiger partial charge in [-0.3, -0.25) is 4.58 Å². The molecule has 0 bridgehead atoms. The maximum atomic E-state index is 13.4. The lowest BCUT2D eigenvalue weighted by Crippen LogP contribution is -2.47. The van der Waals surface area contributed by atoms with Crippen LogP contribution in [-0.4, -0.2) is 28.6 Å². The lowest BCUT2D eigenvalue weighted by molar-refractivity contribution is -0.534. The molecule has 0 fully saturated rings. The van der Waals surface area contributed by atoms with E-state index < -0.39 is 5.72 Å². The summed E-state index contributed by atoms with van der Waals surface area (Å²) in [6.07, 6.45) is 4.45. The molecule has 0 saturated carbocycles. The molecule has 24 heavy (non-hydrogen) atoms. The van der Waals surface area contributed by atoms with Crippen molar-refractivity contribution in [2.45, 2.75) is 31.4 Å². The molecule has 0 aliphatic carbocycles. The number of nitrogens with zero attached hydrogens (tertiary/aromatic N) is 2. The van der Waals surface area contributed by atoms with E-state index in [1.165, 1.54) is 24.4 Å². The van der Waals surface area contributed by atoms with Crippen molar-refractivity contribution in [3.8, 4) is 0 Å². The van der Waals surface area contributed by atoms with Gasteiger partial charge in [-0.1, -0.05) is 18.2 Å². The van der Waals surface area contributed by atoms with Gasteiger partial charge >= 0.3 is 0 Å². The molecule has 2 aliphatic rings. The van der Waals surface area contributed by atoms with E-state index in [4.69, 9.17) is 0 Å². The number of aliphatic hydroxyl groups is 1. The molecule has 3 nitrogen and oxygen atoms in total. The van der Waals surface area contributed by atoms with Crippen LogP contribution in [0.3, 0.4) is 0 Å². The molecule has 4 rings (SSSR count). The van der Waals surface area contributed by atoms with E-state index in [0.29, 0.717) is 6.54 Å². The van der Waals surface area contributed by atoms with Crippen LogP contribution in [0.15, 0.2) is 54.6 Å². The smallest absolute Gasteiger partial charge is 0.275 e. The standard InChI is InChI=1S/C20H22FN2O/c21-17-12-10-16(11-13-17)20(24)15-22-14-6-2-5-9-19(22)23(20)18-7-3-1-4-8-18/h1,3-4,7-8,10-13,24H,2,5-6,9,14-15H2/q+1. The van der Waals surface area contributed by atoms with Gasteiger partial charge in [0.05, 0.1) is 6.54 Å². The normalized spacial score (nSPS) is 24.0. The summed E-state index contributed by atoms with van der Waals surface area (Å²) in [5, 5.41) is 11.6. The molecule has 2 aromatic rings. The fourth-order valence-corrected chi connectivity index (χ4v) is 3.90. The summed E-state index contributed by atoms with van der Waals surface area (Å²) in [6, 6.07) is 16.2. The lowest BCUT2D eigenvalue weighted by Gasteiger charge is -2.29. The van der Waals surface area contributed by atoms with Crippen LogP contribution in [0.4, 0.5) is 10.1 Å². The molecule has 0 radical (unpaired) electrons. The third-order valence-electron chi connectivity index (χ3n) is 5.05. The fourth-order valence-electron chi connectivity index (χ4n) is 3.90. The molecule has 0 aromatic heterocycles. The van der Waals surface area contributed by atoms with Crippen molar-refractivity contribution < 1.29 is 14.1 Å². The number of para-hydroxylation sites is 1. The van der Waals surface area contributed by atoms with Gasteiger partial charge in [0.15, 0.2) is 6.54 Å². The molecule has 0 amide bonds. The van der Waals surface area contributed by atoms with E-state index in [1.807, 2.05) is 35.2 Å². The topological polar surface area (TPSA) is 26.5 Å². The Hall–Kier alpha value is -2.20. The molecular weight excluding hydrogens is 303 g/mol. The van der Waals surface area contributed by atoms with Gasteiger partial charge in [-0.15, -0.1) is 0 Å². The summed E-state index contributed by atoms with van der Waals surface area (Å²) in [5.74, 6) is 0.888. The molecule has 1 atom stereocenters. The third kappa shape index (κ3) is 2.51. The number of anilines is 1. The number of amidine groups is 1. The first-order valence-electron chi connectivity index (χ1n) is 8.63. The monoisotopic (exact) mass is 325 g/mol. The highest BCUT2D eigenvalue weighted by atomic mass is 19.1. The summed E-state index contributed by atoms with van der Waals surface area (Å²) in [5.41, 5.74) is 0.541. The second-order valence-corrected chi connectivity index (χ2v) is 6.64. The van der Waals surface area contributed by atoms with Crippen LogP contribution in [0.1, 0.15) is 31.2 Å². The summed E-state index contributed by atoms with van der Waals surface area (Å²) in [6.45, 7) is 1.48. The van der Waals surface area contributed by atoms with E-state index >= 15 is 0 Å². The average Bonchev–Trinajstić information content (AvgIpc) is 2.73. The van der Waals surface area contributed by atoms with Gasteiger partial charge in [0, 0.05) is 12.0 Å². The Balaban J connectivity index is 1.83. The molecule has 2 heterocycles. The van der Waals surface area contributed by atoms with Crippen molar-refractivity contribution in [1.82, 2.24) is 0 Å². The van der Waals surface area contributed by atoms with Gasteiger partial charge in [0.25, 0.3) is 11.6 Å². The molecule has 4 heteroatoms. The molecule has 1 N–H and O–H groups in total. The molecule has 1 unspecified atom stereocenters. The molecule has 2 aromatic carbocycles. The van der Waals surface area contributed by atoms with Crippen LogP contribution in [0.2, 0.25) is 0 Å². The van der Waals surface area contributed by atoms with E-state index in [2.05, 4.69) is 4.58 Å². The summed E-state index contributed by atoms with van der Waals surface area (Å²) < 4.78 is 15.7. The summed E-state index contributed by atoms with van der Waals surface area (Å²) >= 11 is 0. The molecule has 0 saturated heterocycles. The SMILES string of the molecule is OC1(c2ccc(F)cc2)C[N+]2=C(CCCCC2)N1c1ccccc1. The van der Waals surface area contributed by atoms with Crippen LogP contribution in [0.25, 0.3) is 0 Å². The molecular formula is C20H22FN2O+. The highest BCUT2D eigenvalue weighted by Gasteiger charge is 2.53. The highest BCUT2D eigenvalue weighted by Crippen LogP contribution is 2.37. The van der Waals surface area contributed by atoms with Crippen molar-refractivity contribution in [2.75, 3.05) is 18.0 Å². The van der Waals surface area contributed by atoms with Crippen molar-refractivity contribution in [2.24, 2.45) is 0 Å². The second kappa shape index (κ2) is 6.02. The Kier molecular flexibility index (Phi) is 3.85. The number of hydrogen-bond acceptors (Lipinski definition) is 2. The first-order chi connectivity index (χ1) is 11.7. The first-order valence-corrected chi connectivity index (χ1v) is 8.63. The predicted molar refractivity (Wildman–Crippen MR) is 92.7 cm³/mol. The first kappa shape index (κ1) is 15.3. The van der Waals surface area contributed by atoms with E-state index in [0.717, 1.165) is 37.1 Å². The van der Waals surface area contributed by atoms with Crippen molar-refractivity contribution in [3.63, 3.8) is 0 Å². The number of benzene rings is 2. The molecule has 2 aliphatic heterocycles. The summed E-state index contributed by atoms with van der Waals surface area (Å²) in [4.78, 5) is 2.05. The van der Waals surface area contributed by atoms with E-state index in [1.54, 1.807) is 12.1 Å². The number of halogens is 1. The Morgan fingerprint density at radius 2 is 1.71 bits per heavy atom. The Labute approximate surface area is 141 Å². The Morgan fingerprint density at radius 3 is 2.46 bits per heavy atom. The molecule has 124 valence electrons. The van der Waals surface area contributed by atoms with Crippen LogP contribution in [-0.2, 0) is 5.72 Å². The van der Waals surface area contributed by atoms with E-state index in [-0.39, 0.29) is 5.82 Å². The van der Waals surface area contributed by atoms with Crippen LogP contribution in [0.5, 0.6) is 0 Å². The van der Waals surface area contributed by atoms with Gasteiger partial charge in [-0.25, -0.2) is 4.39 Å². The number of rotatable bonds is 2. The highest BCUT2D eigenvalue weighted by molar-refractivity contribution is 5.97. The number of hydrogen-bond donors (Lipinski definition) is 1. The van der Waals surface area contributed by atoms with Gasteiger partial charge in [-0.05, 0) is 55.7 Å². The van der Waals surface area contributed by atoms with Crippen molar-refractivity contribution in [1.29, 1.82) is 0 Å².